The number of hydrogen-bond donors (Lipinski definition) is 0. The fourth-order valence-electron chi connectivity index (χ4n) is 2.34. The van der Waals surface area contributed by atoms with Crippen LogP contribution in [0.4, 0.5) is 0 Å². The standard InChI is InChI=1S/C19H15N3S/c1-13-3-4-16(14(2)9-13)10-17(11-20)19-22-18(12-23-19)15-5-7-21-8-6-15/h3-10,12H,1-2H3/b17-10-. The fourth-order valence-corrected chi connectivity index (χ4v) is 3.13. The van der Waals surface area contributed by atoms with Gasteiger partial charge in [-0.15, -0.1) is 11.3 Å². The lowest BCUT2D eigenvalue weighted by atomic mass is 10.0. The lowest BCUT2D eigenvalue weighted by Gasteiger charge is -2.02. The van der Waals surface area contributed by atoms with E-state index in [4.69, 9.17) is 0 Å². The zero-order valence-corrected chi connectivity index (χ0v) is 13.8. The van der Waals surface area contributed by atoms with Crippen molar-refractivity contribution in [1.29, 1.82) is 5.26 Å². The summed E-state index contributed by atoms with van der Waals surface area (Å²) in [6.07, 6.45) is 5.39. The van der Waals surface area contributed by atoms with Gasteiger partial charge in [-0.1, -0.05) is 23.8 Å². The highest BCUT2D eigenvalue weighted by Gasteiger charge is 2.09. The van der Waals surface area contributed by atoms with Crippen molar-refractivity contribution in [3.8, 4) is 17.3 Å². The molecular weight excluding hydrogens is 302 g/mol. The lowest BCUT2D eigenvalue weighted by molar-refractivity contribution is 1.31. The van der Waals surface area contributed by atoms with E-state index in [0.717, 1.165) is 27.4 Å². The molecule has 0 aliphatic rings. The van der Waals surface area contributed by atoms with Crippen LogP contribution >= 0.6 is 11.3 Å². The highest BCUT2D eigenvalue weighted by Crippen LogP contribution is 2.27. The molecule has 0 aliphatic heterocycles. The minimum atomic E-state index is 0.585. The van der Waals surface area contributed by atoms with Crippen LogP contribution < -0.4 is 0 Å². The quantitative estimate of drug-likeness (QED) is 0.646. The molecule has 3 rings (SSSR count). The van der Waals surface area contributed by atoms with Crippen LogP contribution in [-0.2, 0) is 0 Å². The zero-order valence-electron chi connectivity index (χ0n) is 12.9. The molecule has 0 saturated carbocycles. The van der Waals surface area contributed by atoms with Gasteiger partial charge in [0, 0.05) is 23.3 Å². The topological polar surface area (TPSA) is 49.6 Å². The Balaban J connectivity index is 1.97. The van der Waals surface area contributed by atoms with Crippen LogP contribution in [0.15, 0.2) is 48.1 Å². The van der Waals surface area contributed by atoms with Gasteiger partial charge < -0.3 is 0 Å². The minimum Gasteiger partial charge on any atom is -0.265 e. The number of nitrogens with zero attached hydrogens (tertiary/aromatic N) is 3. The first-order valence-corrected chi connectivity index (χ1v) is 8.10. The summed E-state index contributed by atoms with van der Waals surface area (Å²) < 4.78 is 0. The molecule has 3 nitrogen and oxygen atoms in total. The molecule has 0 fully saturated rings. The van der Waals surface area contributed by atoms with E-state index in [2.05, 4.69) is 42.0 Å². The Hall–Kier alpha value is -2.77. The lowest BCUT2D eigenvalue weighted by Crippen LogP contribution is -1.86. The third kappa shape index (κ3) is 3.36. The van der Waals surface area contributed by atoms with Crippen molar-refractivity contribution in [1.82, 2.24) is 9.97 Å². The Bertz CT molecular complexity index is 902. The summed E-state index contributed by atoms with van der Waals surface area (Å²) in [4.78, 5) is 8.61. The van der Waals surface area contributed by atoms with Crippen LogP contribution in [-0.4, -0.2) is 9.97 Å². The maximum Gasteiger partial charge on any atom is 0.134 e. The second kappa shape index (κ2) is 6.55. The highest BCUT2D eigenvalue weighted by atomic mass is 32.1. The summed E-state index contributed by atoms with van der Waals surface area (Å²) in [5.74, 6) is 0. The number of aromatic nitrogens is 2. The van der Waals surface area contributed by atoms with Crippen molar-refractivity contribution < 1.29 is 0 Å². The van der Waals surface area contributed by atoms with Gasteiger partial charge in [-0.3, -0.25) is 4.98 Å². The summed E-state index contributed by atoms with van der Waals surface area (Å²) in [5.41, 5.74) is 5.88. The summed E-state index contributed by atoms with van der Waals surface area (Å²) in [6.45, 7) is 4.12. The molecule has 0 aliphatic carbocycles. The minimum absolute atomic E-state index is 0.585. The van der Waals surface area contributed by atoms with E-state index < -0.39 is 0 Å². The molecule has 1 aromatic carbocycles. The van der Waals surface area contributed by atoms with Gasteiger partial charge in [0.2, 0.25) is 0 Å². The summed E-state index contributed by atoms with van der Waals surface area (Å²) in [7, 11) is 0. The Labute approximate surface area is 139 Å². The summed E-state index contributed by atoms with van der Waals surface area (Å²) >= 11 is 1.48. The van der Waals surface area contributed by atoms with E-state index in [1.165, 1.54) is 16.9 Å². The van der Waals surface area contributed by atoms with E-state index in [9.17, 15) is 5.26 Å². The van der Waals surface area contributed by atoms with Crippen LogP contribution in [0.5, 0.6) is 0 Å². The molecule has 0 radical (unpaired) electrons. The van der Waals surface area contributed by atoms with Gasteiger partial charge in [0.25, 0.3) is 0 Å². The molecule has 4 heteroatoms. The number of aryl methyl sites for hydroxylation is 2. The third-order valence-electron chi connectivity index (χ3n) is 3.56. The maximum atomic E-state index is 9.50. The van der Waals surface area contributed by atoms with Crippen molar-refractivity contribution in [2.75, 3.05) is 0 Å². The van der Waals surface area contributed by atoms with Gasteiger partial charge in [-0.05, 0) is 43.2 Å². The molecule has 23 heavy (non-hydrogen) atoms. The number of allylic oxidation sites excluding steroid dienone is 1. The molecule has 0 spiro atoms. The van der Waals surface area contributed by atoms with Crippen LogP contribution in [0.2, 0.25) is 0 Å². The molecule has 0 N–H and O–H groups in total. The SMILES string of the molecule is Cc1ccc(/C=C(/C#N)c2nc(-c3ccncc3)cs2)c(C)c1. The van der Waals surface area contributed by atoms with Crippen molar-refractivity contribution >= 4 is 23.0 Å². The van der Waals surface area contributed by atoms with E-state index in [1.807, 2.05) is 29.7 Å². The van der Waals surface area contributed by atoms with Gasteiger partial charge >= 0.3 is 0 Å². The summed E-state index contributed by atoms with van der Waals surface area (Å²) in [6, 6.07) is 12.3. The number of hydrogen-bond acceptors (Lipinski definition) is 4. The van der Waals surface area contributed by atoms with Crippen LogP contribution in [0, 0.1) is 25.2 Å². The van der Waals surface area contributed by atoms with E-state index in [1.54, 1.807) is 12.4 Å². The number of rotatable bonds is 3. The Kier molecular flexibility index (Phi) is 4.31. The fraction of sp³-hybridized carbons (Fsp3) is 0.105. The van der Waals surface area contributed by atoms with Gasteiger partial charge in [-0.25, -0.2) is 4.98 Å². The maximum absolute atomic E-state index is 9.50. The van der Waals surface area contributed by atoms with Crippen LogP contribution in [0.25, 0.3) is 22.9 Å². The number of nitriles is 1. The smallest absolute Gasteiger partial charge is 0.134 e. The van der Waals surface area contributed by atoms with Crippen LogP contribution in [0.3, 0.4) is 0 Å². The number of thiazole rings is 1. The van der Waals surface area contributed by atoms with E-state index >= 15 is 0 Å². The van der Waals surface area contributed by atoms with Gasteiger partial charge in [0.1, 0.15) is 11.1 Å². The van der Waals surface area contributed by atoms with Gasteiger partial charge in [0.15, 0.2) is 0 Å². The summed E-state index contributed by atoms with van der Waals surface area (Å²) in [5, 5.41) is 12.2. The molecule has 3 aromatic rings. The Morgan fingerprint density at radius 3 is 2.65 bits per heavy atom. The number of pyridine rings is 1. The molecule has 0 saturated heterocycles. The molecule has 0 unspecified atom stereocenters. The second-order valence-electron chi connectivity index (χ2n) is 5.30. The molecular formula is C19H15N3S. The first-order valence-electron chi connectivity index (χ1n) is 7.23. The number of benzene rings is 1. The van der Waals surface area contributed by atoms with Crippen molar-refractivity contribution in [3.05, 3.63) is 69.8 Å². The van der Waals surface area contributed by atoms with Crippen molar-refractivity contribution in [2.24, 2.45) is 0 Å². The monoisotopic (exact) mass is 317 g/mol. The third-order valence-corrected chi connectivity index (χ3v) is 4.43. The van der Waals surface area contributed by atoms with Gasteiger partial charge in [0.05, 0.1) is 11.3 Å². The second-order valence-corrected chi connectivity index (χ2v) is 6.16. The molecule has 0 amide bonds. The molecule has 2 aromatic heterocycles. The predicted molar refractivity (Wildman–Crippen MR) is 94.7 cm³/mol. The predicted octanol–water partition coefficient (Wildman–Crippen LogP) is 4.89. The first-order chi connectivity index (χ1) is 11.2. The van der Waals surface area contributed by atoms with Crippen LogP contribution in [0.1, 0.15) is 21.7 Å². The van der Waals surface area contributed by atoms with E-state index in [0.29, 0.717) is 5.57 Å². The molecule has 2 heterocycles. The zero-order chi connectivity index (χ0) is 16.2. The Morgan fingerprint density at radius 2 is 1.96 bits per heavy atom. The largest absolute Gasteiger partial charge is 0.265 e. The average molecular weight is 317 g/mol. The normalized spacial score (nSPS) is 11.3. The van der Waals surface area contributed by atoms with Crippen molar-refractivity contribution in [2.45, 2.75) is 13.8 Å². The van der Waals surface area contributed by atoms with Gasteiger partial charge in [-0.2, -0.15) is 5.26 Å². The van der Waals surface area contributed by atoms with Crippen molar-refractivity contribution in [3.63, 3.8) is 0 Å². The molecule has 0 bridgehead atoms. The first kappa shape index (κ1) is 15.1. The highest BCUT2D eigenvalue weighted by molar-refractivity contribution is 7.11. The van der Waals surface area contributed by atoms with E-state index in [-0.39, 0.29) is 0 Å². The molecule has 0 atom stereocenters. The average Bonchev–Trinajstić information content (AvgIpc) is 3.05. The molecule has 112 valence electrons. The Morgan fingerprint density at radius 1 is 1.17 bits per heavy atom.